The molecule has 1 saturated heterocycles. The van der Waals surface area contributed by atoms with Gasteiger partial charge in [-0.05, 0) is 6.42 Å². The molecule has 3 heterocycles. The molecular formula is C14H21N4O5P2S2+. The Morgan fingerprint density at radius 3 is 3.19 bits per heavy atom. The van der Waals surface area contributed by atoms with E-state index in [0.29, 0.717) is 37.7 Å². The number of hydrogen-bond donors (Lipinski definition) is 2. The molecule has 0 saturated carbocycles. The molecule has 1 aliphatic heterocycles. The Balaban J connectivity index is 1.63. The number of hydrogen-bond acceptors (Lipinski definition) is 10. The van der Waals surface area contributed by atoms with E-state index in [4.69, 9.17) is 23.0 Å². The third kappa shape index (κ3) is 6.32. The molecular weight excluding hydrogens is 430 g/mol. The van der Waals surface area contributed by atoms with Crippen LogP contribution in [-0.4, -0.2) is 58.5 Å². The van der Waals surface area contributed by atoms with Gasteiger partial charge in [0.1, 0.15) is 43.1 Å². The molecule has 0 radical (unpaired) electrons. The first-order valence-electron chi connectivity index (χ1n) is 8.16. The van der Waals surface area contributed by atoms with E-state index in [9.17, 15) is 0 Å². The minimum absolute atomic E-state index is 0.0402. The summed E-state index contributed by atoms with van der Waals surface area (Å²) in [5.74, 6) is 2.27. The van der Waals surface area contributed by atoms with Gasteiger partial charge in [-0.25, -0.2) is 15.0 Å². The molecule has 0 aromatic carbocycles. The van der Waals surface area contributed by atoms with E-state index in [1.54, 1.807) is 19.3 Å². The highest BCUT2D eigenvalue weighted by Crippen LogP contribution is 2.46. The number of methoxy groups -OCH3 is 1. The molecule has 3 rings (SSSR count). The Morgan fingerprint density at radius 2 is 2.41 bits per heavy atom. The number of thiol groups is 2. The summed E-state index contributed by atoms with van der Waals surface area (Å²) in [6, 6.07) is 0. The lowest BCUT2D eigenvalue weighted by atomic mass is 10.3. The predicted molar refractivity (Wildman–Crippen MR) is 111 cm³/mol. The number of rotatable bonds is 10. The van der Waals surface area contributed by atoms with E-state index >= 15 is 0 Å². The van der Waals surface area contributed by atoms with Crippen LogP contribution in [0, 0.1) is 0 Å². The van der Waals surface area contributed by atoms with Gasteiger partial charge >= 0.3 is 6.97 Å². The lowest BCUT2D eigenvalue weighted by Crippen LogP contribution is -2.11. The van der Waals surface area contributed by atoms with Crippen LogP contribution in [-0.2, 0) is 36.2 Å². The zero-order valence-electron chi connectivity index (χ0n) is 14.7. The molecule has 0 bridgehead atoms. The SMILES string of the molecule is COC=[P+](S)OCCn1c(COP(S)O[C@@H]2CCOC2)nc2cncnc21. The van der Waals surface area contributed by atoms with Gasteiger partial charge in [-0.3, -0.25) is 0 Å². The van der Waals surface area contributed by atoms with Crippen molar-refractivity contribution in [1.82, 2.24) is 19.5 Å². The van der Waals surface area contributed by atoms with Crippen LogP contribution in [0.5, 0.6) is 0 Å². The molecule has 13 heteroatoms. The molecule has 9 nitrogen and oxygen atoms in total. The summed E-state index contributed by atoms with van der Waals surface area (Å²) >= 11 is 8.72. The smallest absolute Gasteiger partial charge is 0.351 e. The molecule has 0 aliphatic carbocycles. The van der Waals surface area contributed by atoms with Crippen LogP contribution in [0.2, 0.25) is 0 Å². The Labute approximate surface area is 169 Å². The highest BCUT2D eigenvalue weighted by atomic mass is 32.7. The first-order valence-corrected chi connectivity index (χ1v) is 13.0. The van der Waals surface area contributed by atoms with Crippen molar-refractivity contribution in [3.05, 3.63) is 18.3 Å². The first-order chi connectivity index (χ1) is 13.2. The average molecular weight is 451 g/mol. The van der Waals surface area contributed by atoms with Crippen molar-refractivity contribution in [2.24, 2.45) is 0 Å². The minimum Gasteiger partial charge on any atom is -0.379 e. The summed E-state index contributed by atoms with van der Waals surface area (Å²) in [6.07, 6.45) is 4.06. The molecule has 1 fully saturated rings. The van der Waals surface area contributed by atoms with Crippen molar-refractivity contribution in [3.8, 4) is 0 Å². The number of imidazole rings is 1. The van der Waals surface area contributed by atoms with Crippen LogP contribution in [0.25, 0.3) is 11.2 Å². The lowest BCUT2D eigenvalue weighted by Gasteiger charge is -2.15. The van der Waals surface area contributed by atoms with Crippen molar-refractivity contribution in [1.29, 1.82) is 0 Å². The summed E-state index contributed by atoms with van der Waals surface area (Å²) in [6.45, 7) is 1.49. The third-order valence-electron chi connectivity index (χ3n) is 3.65. The van der Waals surface area contributed by atoms with E-state index < -0.39 is 14.6 Å². The highest BCUT2D eigenvalue weighted by Gasteiger charge is 2.21. The summed E-state index contributed by atoms with van der Waals surface area (Å²) in [5, 5.41) is 0. The topological polar surface area (TPSA) is 89.8 Å². The number of nitrogens with zero attached hydrogens (tertiary/aromatic N) is 4. The van der Waals surface area contributed by atoms with Crippen LogP contribution in [0.15, 0.2) is 12.5 Å². The zero-order chi connectivity index (χ0) is 19.1. The molecule has 1 aliphatic rings. The highest BCUT2D eigenvalue weighted by molar-refractivity contribution is 8.42. The van der Waals surface area contributed by atoms with Crippen LogP contribution >= 0.6 is 39.0 Å². The van der Waals surface area contributed by atoms with Crippen LogP contribution < -0.4 is 0 Å². The quantitative estimate of drug-likeness (QED) is 0.421. The number of ether oxygens (including phenoxy) is 2. The maximum absolute atomic E-state index is 5.77. The average Bonchev–Trinajstić information content (AvgIpc) is 3.28. The van der Waals surface area contributed by atoms with Crippen molar-refractivity contribution in [2.45, 2.75) is 25.7 Å². The fourth-order valence-electron chi connectivity index (χ4n) is 2.48. The molecule has 0 N–H and O–H groups in total. The standard InChI is InChI=1S/C14H21N4O5P2S2/c1-19-10-24(26)21-5-3-18-13(17-12-6-15-9-16-14(12)18)8-22-25(27)23-11-2-4-20-7-11/h6,9-11,26-27H,2-5,7-8H2,1H3/q+1/t11-,25?/m1/s1. The second-order valence-electron chi connectivity index (χ2n) is 5.49. The van der Waals surface area contributed by atoms with E-state index in [0.717, 1.165) is 12.1 Å². The van der Waals surface area contributed by atoms with E-state index in [-0.39, 0.29) is 12.7 Å². The largest absolute Gasteiger partial charge is 0.379 e. The maximum atomic E-state index is 5.77. The van der Waals surface area contributed by atoms with E-state index in [1.165, 1.54) is 6.33 Å². The number of fused-ring (bicyclic) bond motifs is 1. The Hall–Kier alpha value is -0.350. The molecule has 148 valence electrons. The van der Waals surface area contributed by atoms with Gasteiger partial charge in [0.2, 0.25) is 7.58 Å². The Morgan fingerprint density at radius 1 is 1.52 bits per heavy atom. The maximum Gasteiger partial charge on any atom is 0.351 e. The Kier molecular flexibility index (Phi) is 8.70. The molecule has 2 aromatic rings. The van der Waals surface area contributed by atoms with E-state index in [2.05, 4.69) is 39.4 Å². The van der Waals surface area contributed by atoms with Gasteiger partial charge in [-0.2, -0.15) is 4.52 Å². The van der Waals surface area contributed by atoms with E-state index in [1.807, 2.05) is 4.57 Å². The first kappa shape index (κ1) is 21.4. The minimum atomic E-state index is -1.32. The lowest BCUT2D eigenvalue weighted by molar-refractivity contribution is 0.136. The molecule has 0 amide bonds. The Bertz CT molecular complexity index is 775. The van der Waals surface area contributed by atoms with Gasteiger partial charge < -0.3 is 23.1 Å². The molecule has 2 unspecified atom stereocenters. The summed E-state index contributed by atoms with van der Waals surface area (Å²) in [7, 11) is 0.248. The van der Waals surface area contributed by atoms with Gasteiger partial charge in [0.05, 0.1) is 25.5 Å². The fraction of sp³-hybridized carbons (Fsp3) is 0.571. The molecule has 27 heavy (non-hydrogen) atoms. The second-order valence-corrected chi connectivity index (χ2v) is 9.67. The third-order valence-corrected chi connectivity index (χ3v) is 6.58. The summed E-state index contributed by atoms with van der Waals surface area (Å²) < 4.78 is 29.3. The molecule has 2 aromatic heterocycles. The fourth-order valence-corrected chi connectivity index (χ4v) is 4.80. The van der Waals surface area contributed by atoms with Gasteiger partial charge in [0.25, 0.3) is 5.98 Å². The molecule has 3 atom stereocenters. The normalized spacial score (nSPS) is 19.1. The second kappa shape index (κ2) is 11.0. The summed E-state index contributed by atoms with van der Waals surface area (Å²) in [4.78, 5) is 12.9. The van der Waals surface area contributed by atoms with Gasteiger partial charge in [-0.1, -0.05) is 12.2 Å². The zero-order valence-corrected chi connectivity index (χ0v) is 18.2. The van der Waals surface area contributed by atoms with Gasteiger partial charge in [0, 0.05) is 13.7 Å². The summed E-state index contributed by atoms with van der Waals surface area (Å²) in [5.41, 5.74) is 1.42. The predicted octanol–water partition coefficient (Wildman–Crippen LogP) is 2.97. The van der Waals surface area contributed by atoms with Gasteiger partial charge in [-0.15, -0.1) is 0 Å². The van der Waals surface area contributed by atoms with Crippen LogP contribution in [0.4, 0.5) is 0 Å². The van der Waals surface area contributed by atoms with Crippen molar-refractivity contribution >= 4 is 56.2 Å². The number of aromatic nitrogens is 4. The monoisotopic (exact) mass is 451 g/mol. The van der Waals surface area contributed by atoms with Crippen molar-refractivity contribution in [3.63, 3.8) is 0 Å². The van der Waals surface area contributed by atoms with Crippen molar-refractivity contribution in [2.75, 3.05) is 26.9 Å². The van der Waals surface area contributed by atoms with Crippen molar-refractivity contribution < 1.29 is 23.0 Å². The van der Waals surface area contributed by atoms with Crippen LogP contribution in [0.1, 0.15) is 12.2 Å². The van der Waals surface area contributed by atoms with Gasteiger partial charge in [0.15, 0.2) is 5.65 Å². The van der Waals surface area contributed by atoms with Crippen LogP contribution in [0.3, 0.4) is 0 Å². The molecule has 0 spiro atoms.